The molecule has 80 valence electrons. The summed E-state index contributed by atoms with van der Waals surface area (Å²) in [5, 5.41) is 8.51. The lowest BCUT2D eigenvalue weighted by molar-refractivity contribution is 0.0559. The van der Waals surface area contributed by atoms with Gasteiger partial charge in [-0.15, -0.1) is 0 Å². The highest BCUT2D eigenvalue weighted by Gasteiger charge is 2.09. The van der Waals surface area contributed by atoms with E-state index in [1.165, 1.54) is 31.4 Å². The van der Waals surface area contributed by atoms with E-state index in [2.05, 4.69) is 4.74 Å². The number of carbonyl (C=O) groups is 1. The first kappa shape index (κ1) is 11.2. The molecule has 1 aromatic heterocycles. The Balaban J connectivity index is 3.03. The molecular weight excluding hydrogens is 200 g/mol. The topological polar surface area (TPSA) is 76.7 Å². The number of esters is 1. The van der Waals surface area contributed by atoms with E-state index in [-0.39, 0.29) is 17.9 Å². The summed E-state index contributed by atoms with van der Waals surface area (Å²) in [5.74, 6) is -0.853. The Kier molecular flexibility index (Phi) is 3.82. The van der Waals surface area contributed by atoms with E-state index in [9.17, 15) is 9.59 Å². The zero-order valence-corrected chi connectivity index (χ0v) is 8.10. The van der Waals surface area contributed by atoms with Gasteiger partial charge in [-0.2, -0.15) is 0 Å². The quantitative estimate of drug-likeness (QED) is 0.732. The highest BCUT2D eigenvalue weighted by Crippen LogP contribution is 2.01. The third-order valence-corrected chi connectivity index (χ3v) is 1.64. The molecule has 5 heteroatoms. The van der Waals surface area contributed by atoms with Crippen LogP contribution in [0.2, 0.25) is 0 Å². The molecule has 1 N–H and O–H groups in total. The molecule has 0 spiro atoms. The van der Waals surface area contributed by atoms with Gasteiger partial charge in [0.1, 0.15) is 0 Å². The number of ether oxygens (including phenoxy) is 1. The fourth-order valence-electron chi connectivity index (χ4n) is 0.940. The lowest BCUT2D eigenvalue weighted by Gasteiger charge is -1.97. The molecule has 5 nitrogen and oxygen atoms in total. The van der Waals surface area contributed by atoms with E-state index < -0.39 is 11.6 Å². The molecule has 0 bridgehead atoms. The van der Waals surface area contributed by atoms with E-state index in [0.29, 0.717) is 0 Å². The van der Waals surface area contributed by atoms with Crippen molar-refractivity contribution in [3.05, 3.63) is 40.0 Å². The Morgan fingerprint density at radius 2 is 2.33 bits per heavy atom. The molecule has 0 amide bonds. The van der Waals surface area contributed by atoms with E-state index in [0.717, 1.165) is 0 Å². The fourth-order valence-corrected chi connectivity index (χ4v) is 0.940. The number of aliphatic hydroxyl groups excluding tert-OH is 1. The van der Waals surface area contributed by atoms with Crippen molar-refractivity contribution in [2.24, 2.45) is 0 Å². The third kappa shape index (κ3) is 2.78. The van der Waals surface area contributed by atoms with Crippen LogP contribution in [0.1, 0.15) is 16.1 Å². The smallest absolute Gasteiger partial charge is 0.374 e. The SMILES string of the molecule is COC(=O)c1ccc(/C=C/CO)c(=O)o1. The predicted octanol–water partition coefficient (Wildman–Crippen LogP) is 0.432. The largest absolute Gasteiger partial charge is 0.463 e. The Bertz CT molecular complexity index is 430. The van der Waals surface area contributed by atoms with Crippen LogP contribution in [-0.2, 0) is 4.74 Å². The lowest BCUT2D eigenvalue weighted by atomic mass is 10.2. The molecule has 0 saturated carbocycles. The average molecular weight is 210 g/mol. The number of methoxy groups -OCH3 is 1. The number of aliphatic hydroxyl groups is 1. The van der Waals surface area contributed by atoms with Crippen LogP contribution in [0.25, 0.3) is 6.08 Å². The minimum Gasteiger partial charge on any atom is -0.463 e. The summed E-state index contributed by atoms with van der Waals surface area (Å²) < 4.78 is 9.08. The molecule has 15 heavy (non-hydrogen) atoms. The number of carbonyl (C=O) groups excluding carboxylic acids is 1. The molecular formula is C10H10O5. The highest BCUT2D eigenvalue weighted by molar-refractivity contribution is 5.86. The summed E-state index contributed by atoms with van der Waals surface area (Å²) in [6, 6.07) is 2.76. The second-order valence-electron chi connectivity index (χ2n) is 2.62. The normalized spacial score (nSPS) is 10.5. The van der Waals surface area contributed by atoms with Crippen LogP contribution in [0.15, 0.2) is 27.4 Å². The maximum absolute atomic E-state index is 11.3. The van der Waals surface area contributed by atoms with Crippen molar-refractivity contribution in [3.63, 3.8) is 0 Å². The van der Waals surface area contributed by atoms with Gasteiger partial charge >= 0.3 is 11.6 Å². The molecule has 0 atom stereocenters. The second kappa shape index (κ2) is 5.11. The van der Waals surface area contributed by atoms with Crippen LogP contribution in [0.4, 0.5) is 0 Å². The maximum Gasteiger partial charge on any atom is 0.374 e. The molecule has 1 rings (SSSR count). The van der Waals surface area contributed by atoms with Gasteiger partial charge in [-0.3, -0.25) is 0 Å². The summed E-state index contributed by atoms with van der Waals surface area (Å²) in [7, 11) is 1.20. The van der Waals surface area contributed by atoms with Gasteiger partial charge in [0, 0.05) is 0 Å². The zero-order valence-electron chi connectivity index (χ0n) is 8.10. The first-order valence-electron chi connectivity index (χ1n) is 4.19. The Morgan fingerprint density at radius 3 is 2.87 bits per heavy atom. The van der Waals surface area contributed by atoms with E-state index in [1.54, 1.807) is 0 Å². The van der Waals surface area contributed by atoms with Crippen molar-refractivity contribution in [2.45, 2.75) is 0 Å². The van der Waals surface area contributed by atoms with Gasteiger partial charge in [-0.05, 0) is 18.2 Å². The van der Waals surface area contributed by atoms with Crippen molar-refractivity contribution in [3.8, 4) is 0 Å². The van der Waals surface area contributed by atoms with Gasteiger partial charge in [0.25, 0.3) is 0 Å². The van der Waals surface area contributed by atoms with Crippen molar-refractivity contribution >= 4 is 12.0 Å². The van der Waals surface area contributed by atoms with Gasteiger partial charge < -0.3 is 14.3 Å². The van der Waals surface area contributed by atoms with Crippen LogP contribution in [0.3, 0.4) is 0 Å². The molecule has 0 aliphatic carbocycles. The Hall–Kier alpha value is -1.88. The van der Waals surface area contributed by atoms with Crippen molar-refractivity contribution in [1.82, 2.24) is 0 Å². The standard InChI is InChI=1S/C10H10O5/c1-14-10(13)8-5-4-7(3-2-6-11)9(12)15-8/h2-5,11H,6H2,1H3/b3-2+. The van der Waals surface area contributed by atoms with E-state index in [4.69, 9.17) is 9.52 Å². The fraction of sp³-hybridized carbons (Fsp3) is 0.200. The number of rotatable bonds is 3. The summed E-state index contributed by atoms with van der Waals surface area (Å²) >= 11 is 0. The molecule has 0 aliphatic rings. The zero-order chi connectivity index (χ0) is 11.3. The van der Waals surface area contributed by atoms with Gasteiger partial charge in [0.15, 0.2) is 0 Å². The summed E-state index contributed by atoms with van der Waals surface area (Å²) in [6.07, 6.45) is 2.80. The first-order valence-corrected chi connectivity index (χ1v) is 4.19. The summed E-state index contributed by atoms with van der Waals surface area (Å²) in [5.41, 5.74) is -0.390. The lowest BCUT2D eigenvalue weighted by Crippen LogP contribution is -2.09. The second-order valence-corrected chi connectivity index (χ2v) is 2.62. The molecule has 1 heterocycles. The molecule has 0 aromatic carbocycles. The van der Waals surface area contributed by atoms with Gasteiger partial charge in [0.05, 0.1) is 19.3 Å². The molecule has 0 aliphatic heterocycles. The van der Waals surface area contributed by atoms with Crippen LogP contribution in [-0.4, -0.2) is 24.8 Å². The van der Waals surface area contributed by atoms with Crippen LogP contribution in [0.5, 0.6) is 0 Å². The molecule has 0 fully saturated rings. The van der Waals surface area contributed by atoms with Crippen LogP contribution < -0.4 is 5.63 Å². The van der Waals surface area contributed by atoms with Crippen LogP contribution in [0, 0.1) is 0 Å². The Labute approximate surface area is 85.6 Å². The van der Waals surface area contributed by atoms with E-state index >= 15 is 0 Å². The Morgan fingerprint density at radius 1 is 1.60 bits per heavy atom. The van der Waals surface area contributed by atoms with Gasteiger partial charge in [-0.25, -0.2) is 9.59 Å². The number of hydrogen-bond acceptors (Lipinski definition) is 5. The average Bonchev–Trinajstić information content (AvgIpc) is 2.26. The summed E-state index contributed by atoms with van der Waals surface area (Å²) in [6.45, 7) is -0.168. The van der Waals surface area contributed by atoms with Crippen LogP contribution >= 0.6 is 0 Å². The third-order valence-electron chi connectivity index (χ3n) is 1.64. The first-order chi connectivity index (χ1) is 7.19. The summed E-state index contributed by atoms with van der Waals surface area (Å²) in [4.78, 5) is 22.2. The van der Waals surface area contributed by atoms with Crippen molar-refractivity contribution < 1.29 is 19.1 Å². The van der Waals surface area contributed by atoms with Gasteiger partial charge in [-0.1, -0.05) is 6.08 Å². The van der Waals surface area contributed by atoms with Gasteiger partial charge in [0.2, 0.25) is 5.76 Å². The highest BCUT2D eigenvalue weighted by atomic mass is 16.5. The van der Waals surface area contributed by atoms with Crippen molar-refractivity contribution in [1.29, 1.82) is 0 Å². The number of hydrogen-bond donors (Lipinski definition) is 1. The maximum atomic E-state index is 11.3. The van der Waals surface area contributed by atoms with Crippen molar-refractivity contribution in [2.75, 3.05) is 13.7 Å². The molecule has 0 unspecified atom stereocenters. The monoisotopic (exact) mass is 210 g/mol. The molecule has 0 radical (unpaired) electrons. The predicted molar refractivity (Wildman–Crippen MR) is 52.4 cm³/mol. The minimum absolute atomic E-state index is 0.149. The molecule has 0 saturated heterocycles. The minimum atomic E-state index is -0.704. The van der Waals surface area contributed by atoms with E-state index in [1.807, 2.05) is 0 Å². The molecule has 1 aromatic rings.